The van der Waals surface area contributed by atoms with E-state index in [0.29, 0.717) is 12.1 Å². The number of hydrogen-bond acceptors (Lipinski definition) is 5. The fraction of sp³-hybridized carbons (Fsp3) is 0.333. The number of carbonyl (C=O) groups excluding carboxylic acids is 1. The topological polar surface area (TPSA) is 57.5 Å². The zero-order valence-electron chi connectivity index (χ0n) is 15.1. The maximum atomic E-state index is 13.2. The molecule has 1 aromatic carbocycles. The van der Waals surface area contributed by atoms with Gasteiger partial charge in [0, 0.05) is 6.61 Å². The monoisotopic (exact) mass is 383 g/mol. The largest absolute Gasteiger partial charge is 0.482 e. The molecule has 3 heterocycles. The zero-order chi connectivity index (χ0) is 18.8. The molecule has 1 aliphatic heterocycles. The summed E-state index contributed by atoms with van der Waals surface area (Å²) in [5.74, 6) is -0.0221. The minimum absolute atomic E-state index is 0.0240. The van der Waals surface area contributed by atoms with Crippen molar-refractivity contribution in [2.24, 2.45) is 0 Å². The van der Waals surface area contributed by atoms with Crippen LogP contribution in [0.15, 0.2) is 46.6 Å². The maximum Gasteiger partial charge on any atom is 0.294 e. The number of fused-ring (bicyclic) bond motifs is 1. The van der Waals surface area contributed by atoms with E-state index in [1.807, 2.05) is 41.8 Å². The molecule has 0 bridgehead atoms. The smallest absolute Gasteiger partial charge is 0.294 e. The third kappa shape index (κ3) is 3.55. The third-order valence-electron chi connectivity index (χ3n) is 4.82. The highest BCUT2D eigenvalue weighted by Crippen LogP contribution is 2.31. The summed E-state index contributed by atoms with van der Waals surface area (Å²) in [6, 6.07) is 11.5. The van der Waals surface area contributed by atoms with Crippen LogP contribution in [0.25, 0.3) is 10.2 Å². The summed E-state index contributed by atoms with van der Waals surface area (Å²) in [6.07, 6.45) is 1.97. The van der Waals surface area contributed by atoms with Crippen LogP contribution in [0, 0.1) is 0 Å². The van der Waals surface area contributed by atoms with Gasteiger partial charge in [0.2, 0.25) is 0 Å². The van der Waals surface area contributed by atoms with Crippen LogP contribution in [0.5, 0.6) is 5.75 Å². The zero-order valence-corrected chi connectivity index (χ0v) is 16.0. The van der Waals surface area contributed by atoms with Crippen molar-refractivity contribution in [1.82, 2.24) is 4.57 Å². The van der Waals surface area contributed by atoms with E-state index in [2.05, 4.69) is 0 Å². The number of Topliss-reactive ketones (excluding diaryl/α,β-unsaturated/α-hetero) is 1. The highest BCUT2D eigenvalue weighted by atomic mass is 32.1. The van der Waals surface area contributed by atoms with Crippen molar-refractivity contribution in [1.29, 1.82) is 0 Å². The average molecular weight is 383 g/mol. The molecule has 6 heteroatoms. The first kappa shape index (κ1) is 17.9. The Labute approximate surface area is 161 Å². The van der Waals surface area contributed by atoms with Crippen LogP contribution in [0.4, 0.5) is 0 Å². The van der Waals surface area contributed by atoms with Crippen molar-refractivity contribution in [2.75, 3.05) is 6.61 Å². The number of ketones is 1. The first-order chi connectivity index (χ1) is 13.1. The number of hydrogen-bond donors (Lipinski definition) is 0. The van der Waals surface area contributed by atoms with Crippen LogP contribution in [-0.4, -0.2) is 23.1 Å². The van der Waals surface area contributed by atoms with Crippen molar-refractivity contribution in [2.45, 2.75) is 39.0 Å². The summed E-state index contributed by atoms with van der Waals surface area (Å²) in [5, 5.41) is 1.91. The molecule has 1 saturated heterocycles. The second kappa shape index (κ2) is 7.66. The molecule has 1 atom stereocenters. The van der Waals surface area contributed by atoms with E-state index in [0.717, 1.165) is 35.2 Å². The van der Waals surface area contributed by atoms with E-state index in [1.165, 1.54) is 18.3 Å². The molecular formula is C21H21NO4S. The van der Waals surface area contributed by atoms with Gasteiger partial charge in [0.05, 0.1) is 28.4 Å². The number of aromatic nitrogens is 1. The lowest BCUT2D eigenvalue weighted by Gasteiger charge is -2.17. The Bertz CT molecular complexity index is 1020. The Morgan fingerprint density at radius 3 is 2.81 bits per heavy atom. The number of pyridine rings is 1. The first-order valence-electron chi connectivity index (χ1n) is 9.08. The Morgan fingerprint density at radius 1 is 1.30 bits per heavy atom. The molecule has 2 aromatic heterocycles. The van der Waals surface area contributed by atoms with Gasteiger partial charge in [-0.3, -0.25) is 9.59 Å². The van der Waals surface area contributed by atoms with Crippen molar-refractivity contribution in [3.05, 3.63) is 63.3 Å². The Hall–Kier alpha value is -2.44. The quantitative estimate of drug-likeness (QED) is 0.603. The predicted octanol–water partition coefficient (Wildman–Crippen LogP) is 4.02. The molecule has 4 rings (SSSR count). The second-order valence-electron chi connectivity index (χ2n) is 6.72. The standard InChI is InChI=1S/C21H21NO4S/c1-14(23)18-19(26-13-15-6-3-2-4-7-15)21(24)22(12-16-8-5-10-25-16)17-9-11-27-20(17)18/h2-4,6-7,9,11,16H,5,8,10,12-13H2,1H3. The third-order valence-corrected chi connectivity index (χ3v) is 5.74. The van der Waals surface area contributed by atoms with Gasteiger partial charge < -0.3 is 14.0 Å². The molecule has 0 aliphatic carbocycles. The molecule has 0 saturated carbocycles. The molecule has 1 aliphatic rings. The molecule has 0 radical (unpaired) electrons. The SMILES string of the molecule is CC(=O)c1c(OCc2ccccc2)c(=O)n(CC2CCCO2)c2ccsc12. The van der Waals surface area contributed by atoms with E-state index >= 15 is 0 Å². The van der Waals surface area contributed by atoms with Crippen molar-refractivity contribution >= 4 is 27.3 Å². The highest BCUT2D eigenvalue weighted by molar-refractivity contribution is 7.17. The van der Waals surface area contributed by atoms with Crippen LogP contribution in [0.3, 0.4) is 0 Å². The molecule has 3 aromatic rings. The van der Waals surface area contributed by atoms with Crippen molar-refractivity contribution in [3.63, 3.8) is 0 Å². The van der Waals surface area contributed by atoms with E-state index in [9.17, 15) is 9.59 Å². The lowest BCUT2D eigenvalue weighted by Crippen LogP contribution is -2.29. The fourth-order valence-electron chi connectivity index (χ4n) is 3.50. The predicted molar refractivity (Wildman–Crippen MR) is 106 cm³/mol. The van der Waals surface area contributed by atoms with Gasteiger partial charge >= 0.3 is 0 Å². The molecule has 0 N–H and O–H groups in total. The van der Waals surface area contributed by atoms with Gasteiger partial charge in [0.15, 0.2) is 11.5 Å². The number of thiophene rings is 1. The number of ether oxygens (including phenoxy) is 2. The van der Waals surface area contributed by atoms with E-state index in [1.54, 1.807) is 4.57 Å². The van der Waals surface area contributed by atoms with E-state index in [-0.39, 0.29) is 29.8 Å². The van der Waals surface area contributed by atoms with Crippen LogP contribution in [-0.2, 0) is 17.9 Å². The molecular weight excluding hydrogens is 362 g/mol. The van der Waals surface area contributed by atoms with Gasteiger partial charge in [-0.15, -0.1) is 11.3 Å². The minimum atomic E-state index is -0.266. The lowest BCUT2D eigenvalue weighted by molar-refractivity contribution is 0.0968. The second-order valence-corrected chi connectivity index (χ2v) is 7.64. The summed E-state index contributed by atoms with van der Waals surface area (Å²) in [5.41, 5.74) is 1.84. The van der Waals surface area contributed by atoms with Gasteiger partial charge in [0.1, 0.15) is 6.61 Å². The minimum Gasteiger partial charge on any atom is -0.482 e. The molecule has 5 nitrogen and oxygen atoms in total. The molecule has 0 amide bonds. The molecule has 1 unspecified atom stereocenters. The summed E-state index contributed by atoms with van der Waals surface area (Å²) in [4.78, 5) is 25.6. The summed E-state index contributed by atoms with van der Waals surface area (Å²) in [6.45, 7) is 2.93. The van der Waals surface area contributed by atoms with Gasteiger partial charge in [-0.25, -0.2) is 0 Å². The average Bonchev–Trinajstić information content (AvgIpc) is 3.34. The summed E-state index contributed by atoms with van der Waals surface area (Å²) in [7, 11) is 0. The van der Waals surface area contributed by atoms with E-state index in [4.69, 9.17) is 9.47 Å². The summed E-state index contributed by atoms with van der Waals surface area (Å²) < 4.78 is 14.1. The summed E-state index contributed by atoms with van der Waals surface area (Å²) >= 11 is 1.46. The van der Waals surface area contributed by atoms with Gasteiger partial charge in [-0.1, -0.05) is 30.3 Å². The number of carbonyl (C=O) groups is 1. The molecule has 0 spiro atoms. The molecule has 140 valence electrons. The Morgan fingerprint density at radius 2 is 2.11 bits per heavy atom. The lowest BCUT2D eigenvalue weighted by atomic mass is 10.1. The van der Waals surface area contributed by atoms with E-state index < -0.39 is 0 Å². The normalized spacial score (nSPS) is 16.7. The number of nitrogens with zero attached hydrogens (tertiary/aromatic N) is 1. The van der Waals surface area contributed by atoms with Gasteiger partial charge in [0.25, 0.3) is 5.56 Å². The van der Waals surface area contributed by atoms with Crippen LogP contribution >= 0.6 is 11.3 Å². The van der Waals surface area contributed by atoms with Crippen molar-refractivity contribution in [3.8, 4) is 5.75 Å². The van der Waals surface area contributed by atoms with Gasteiger partial charge in [-0.2, -0.15) is 0 Å². The van der Waals surface area contributed by atoms with Crippen LogP contribution in [0.2, 0.25) is 0 Å². The Kier molecular flexibility index (Phi) is 5.09. The maximum absolute atomic E-state index is 13.2. The highest BCUT2D eigenvalue weighted by Gasteiger charge is 2.25. The fourth-order valence-corrected chi connectivity index (χ4v) is 4.49. The number of benzene rings is 1. The number of rotatable bonds is 6. The molecule has 1 fully saturated rings. The van der Waals surface area contributed by atoms with Crippen LogP contribution < -0.4 is 10.3 Å². The first-order valence-corrected chi connectivity index (χ1v) is 9.96. The Balaban J connectivity index is 1.79. The van der Waals surface area contributed by atoms with Gasteiger partial charge in [-0.05, 0) is 36.8 Å². The molecule has 27 heavy (non-hydrogen) atoms. The van der Waals surface area contributed by atoms with Crippen LogP contribution in [0.1, 0.15) is 35.7 Å². The van der Waals surface area contributed by atoms with Crippen molar-refractivity contribution < 1.29 is 14.3 Å².